The van der Waals surface area contributed by atoms with Crippen LogP contribution < -0.4 is 16.0 Å². The number of primary amides is 1. The topological polar surface area (TPSA) is 102 Å². The van der Waals surface area contributed by atoms with Gasteiger partial charge in [-0.25, -0.2) is 0 Å². The summed E-state index contributed by atoms with van der Waals surface area (Å²) in [5.41, 5.74) is 9.07. The van der Waals surface area contributed by atoms with E-state index in [9.17, 15) is 14.9 Å². The van der Waals surface area contributed by atoms with Crippen molar-refractivity contribution in [3.8, 4) is 6.07 Å². The van der Waals surface area contributed by atoms with Crippen molar-refractivity contribution in [1.29, 1.82) is 5.26 Å². The number of nitrogens with two attached hydrogens (primary N) is 1. The number of hydrogen-bond acceptors (Lipinski definition) is 5. The third kappa shape index (κ3) is 6.15. The number of anilines is 2. The van der Waals surface area contributed by atoms with Gasteiger partial charge in [0.2, 0.25) is 11.8 Å². The van der Waals surface area contributed by atoms with Gasteiger partial charge in [-0.05, 0) is 74.6 Å². The molecule has 0 bridgehead atoms. The minimum atomic E-state index is -0.262. The van der Waals surface area contributed by atoms with E-state index < -0.39 is 0 Å². The minimum absolute atomic E-state index is 0.107. The van der Waals surface area contributed by atoms with Crippen LogP contribution in [-0.4, -0.2) is 41.9 Å². The molecule has 1 unspecified atom stereocenters. The molecule has 1 saturated carbocycles. The van der Waals surface area contributed by atoms with Crippen molar-refractivity contribution in [2.24, 2.45) is 11.7 Å². The summed E-state index contributed by atoms with van der Waals surface area (Å²) in [6.07, 6.45) is 4.29. The molecule has 34 heavy (non-hydrogen) atoms. The molecule has 1 atom stereocenters. The van der Waals surface area contributed by atoms with Crippen molar-refractivity contribution in [3.63, 3.8) is 0 Å². The number of carbonyl (C=O) groups excluding carboxylic acids is 2. The fourth-order valence-electron chi connectivity index (χ4n) is 4.75. The molecule has 4 rings (SSSR count). The lowest BCUT2D eigenvalue weighted by atomic mass is 9.99. The van der Waals surface area contributed by atoms with Crippen LogP contribution in [0.15, 0.2) is 48.5 Å². The molecule has 0 radical (unpaired) electrons. The van der Waals surface area contributed by atoms with E-state index in [1.807, 2.05) is 30.3 Å². The molecule has 2 aromatic rings. The van der Waals surface area contributed by atoms with E-state index in [4.69, 9.17) is 5.73 Å². The second kappa shape index (κ2) is 10.7. The summed E-state index contributed by atoms with van der Waals surface area (Å²) in [5, 5.41) is 12.3. The normalized spacial score (nSPS) is 17.5. The number of nitriles is 1. The second-order valence-electron chi connectivity index (χ2n) is 9.54. The predicted octanol–water partition coefficient (Wildman–Crippen LogP) is 3.64. The number of carbonyl (C=O) groups is 2. The first-order valence-corrected chi connectivity index (χ1v) is 12.1. The van der Waals surface area contributed by atoms with Crippen molar-refractivity contribution in [1.82, 2.24) is 4.90 Å². The van der Waals surface area contributed by atoms with Gasteiger partial charge in [-0.1, -0.05) is 12.1 Å². The van der Waals surface area contributed by atoms with Crippen LogP contribution in [0.4, 0.5) is 11.4 Å². The van der Waals surface area contributed by atoms with E-state index >= 15 is 0 Å². The lowest BCUT2D eigenvalue weighted by Crippen LogP contribution is -2.48. The Labute approximate surface area is 201 Å². The Bertz CT molecular complexity index is 1050. The van der Waals surface area contributed by atoms with Gasteiger partial charge in [0.05, 0.1) is 11.6 Å². The van der Waals surface area contributed by atoms with Crippen molar-refractivity contribution >= 4 is 23.2 Å². The van der Waals surface area contributed by atoms with Crippen molar-refractivity contribution in [3.05, 3.63) is 59.7 Å². The molecule has 1 aliphatic carbocycles. The molecule has 2 aromatic carbocycles. The lowest BCUT2D eigenvalue weighted by molar-refractivity contribution is -0.119. The number of nitrogens with one attached hydrogen (secondary N) is 1. The zero-order chi connectivity index (χ0) is 24.1. The molecule has 2 amide bonds. The Morgan fingerprint density at radius 3 is 2.47 bits per heavy atom. The number of amides is 2. The van der Waals surface area contributed by atoms with Gasteiger partial charge in [0, 0.05) is 55.4 Å². The quantitative estimate of drug-likeness (QED) is 0.596. The maximum atomic E-state index is 12.1. The molecule has 7 heteroatoms. The summed E-state index contributed by atoms with van der Waals surface area (Å²) >= 11 is 0. The molecule has 178 valence electrons. The monoisotopic (exact) mass is 459 g/mol. The first-order valence-electron chi connectivity index (χ1n) is 12.1. The summed E-state index contributed by atoms with van der Waals surface area (Å²) in [7, 11) is 0. The van der Waals surface area contributed by atoms with Gasteiger partial charge in [0.15, 0.2) is 0 Å². The van der Waals surface area contributed by atoms with E-state index in [1.165, 1.54) is 0 Å². The molecule has 3 N–H and O–H groups in total. The smallest absolute Gasteiger partial charge is 0.227 e. The van der Waals surface area contributed by atoms with Crippen LogP contribution in [0.25, 0.3) is 0 Å². The van der Waals surface area contributed by atoms with Gasteiger partial charge in [-0.3, -0.25) is 14.5 Å². The first-order chi connectivity index (χ1) is 16.4. The van der Waals surface area contributed by atoms with Crippen molar-refractivity contribution in [2.45, 2.75) is 57.7 Å². The highest BCUT2D eigenvalue weighted by Gasteiger charge is 2.30. The average Bonchev–Trinajstić information content (AvgIpc) is 3.69. The highest BCUT2D eigenvalue weighted by molar-refractivity contribution is 5.94. The SMILES string of the molecule is CC(CC(N)=O)N1CCC(N(Cc2cccc(C#N)c2)c2ccc(NC(=O)C3CC3)cc2)CC1. The van der Waals surface area contributed by atoms with E-state index in [0.717, 1.165) is 55.7 Å². The number of piperidine rings is 1. The Morgan fingerprint density at radius 2 is 1.85 bits per heavy atom. The molecular weight excluding hydrogens is 426 g/mol. The highest BCUT2D eigenvalue weighted by atomic mass is 16.2. The maximum absolute atomic E-state index is 12.1. The number of hydrogen-bond donors (Lipinski definition) is 2. The lowest BCUT2D eigenvalue weighted by Gasteiger charge is -2.41. The zero-order valence-electron chi connectivity index (χ0n) is 19.7. The predicted molar refractivity (Wildman–Crippen MR) is 133 cm³/mol. The molecule has 1 aliphatic heterocycles. The molecule has 2 fully saturated rings. The Kier molecular flexibility index (Phi) is 7.49. The van der Waals surface area contributed by atoms with E-state index in [-0.39, 0.29) is 23.8 Å². The number of benzene rings is 2. The van der Waals surface area contributed by atoms with Crippen LogP contribution in [-0.2, 0) is 16.1 Å². The van der Waals surface area contributed by atoms with Gasteiger partial charge in [-0.15, -0.1) is 0 Å². The zero-order valence-corrected chi connectivity index (χ0v) is 19.7. The summed E-state index contributed by atoms with van der Waals surface area (Å²) in [6.45, 7) is 4.57. The number of rotatable bonds is 9. The standard InChI is InChI=1S/C27H33N5O2/c1-19(15-26(29)33)31-13-11-25(12-14-31)32(18-21-4-2-3-20(16-21)17-28)24-9-7-23(8-10-24)30-27(34)22-5-6-22/h2-4,7-10,16,19,22,25H,5-6,11-15,18H2,1H3,(H2,29,33)(H,30,34). The average molecular weight is 460 g/mol. The van der Waals surface area contributed by atoms with E-state index in [1.54, 1.807) is 0 Å². The molecule has 0 aromatic heterocycles. The van der Waals surface area contributed by atoms with Crippen LogP contribution in [0.5, 0.6) is 0 Å². The van der Waals surface area contributed by atoms with Gasteiger partial charge >= 0.3 is 0 Å². The molecule has 7 nitrogen and oxygen atoms in total. The summed E-state index contributed by atoms with van der Waals surface area (Å²) in [5.74, 6) is 0.0172. The van der Waals surface area contributed by atoms with E-state index in [0.29, 0.717) is 24.6 Å². The summed E-state index contributed by atoms with van der Waals surface area (Å²) < 4.78 is 0. The molecule has 0 spiro atoms. The van der Waals surface area contributed by atoms with Gasteiger partial charge in [0.1, 0.15) is 0 Å². The van der Waals surface area contributed by atoms with Crippen LogP contribution in [0.1, 0.15) is 50.2 Å². The van der Waals surface area contributed by atoms with Crippen LogP contribution in [0, 0.1) is 17.2 Å². The maximum Gasteiger partial charge on any atom is 0.227 e. The van der Waals surface area contributed by atoms with Crippen molar-refractivity contribution in [2.75, 3.05) is 23.3 Å². The van der Waals surface area contributed by atoms with Crippen LogP contribution in [0.3, 0.4) is 0 Å². The molecule has 1 heterocycles. The summed E-state index contributed by atoms with van der Waals surface area (Å²) in [6, 6.07) is 18.5. The minimum Gasteiger partial charge on any atom is -0.370 e. The number of nitrogens with zero attached hydrogens (tertiary/aromatic N) is 3. The highest BCUT2D eigenvalue weighted by Crippen LogP contribution is 2.31. The third-order valence-electron chi connectivity index (χ3n) is 6.88. The molecule has 2 aliphatic rings. The second-order valence-corrected chi connectivity index (χ2v) is 9.54. The fraction of sp³-hybridized carbons (Fsp3) is 0.444. The fourth-order valence-corrected chi connectivity index (χ4v) is 4.75. The Morgan fingerprint density at radius 1 is 1.15 bits per heavy atom. The van der Waals surface area contributed by atoms with Gasteiger partial charge in [-0.2, -0.15) is 5.26 Å². The number of likely N-dealkylation sites (tertiary alicyclic amines) is 1. The van der Waals surface area contributed by atoms with E-state index in [2.05, 4.69) is 46.3 Å². The summed E-state index contributed by atoms with van der Waals surface area (Å²) in [4.78, 5) is 28.2. The van der Waals surface area contributed by atoms with Gasteiger partial charge < -0.3 is 16.0 Å². The molecular formula is C27H33N5O2. The largest absolute Gasteiger partial charge is 0.370 e. The van der Waals surface area contributed by atoms with Crippen LogP contribution in [0.2, 0.25) is 0 Å². The molecule has 1 saturated heterocycles. The van der Waals surface area contributed by atoms with Gasteiger partial charge in [0.25, 0.3) is 0 Å². The van der Waals surface area contributed by atoms with Crippen LogP contribution >= 0.6 is 0 Å². The first kappa shape index (κ1) is 23.8. The Hall–Kier alpha value is -3.37. The third-order valence-corrected chi connectivity index (χ3v) is 6.88. The van der Waals surface area contributed by atoms with Crippen molar-refractivity contribution < 1.29 is 9.59 Å². The Balaban J connectivity index is 1.49.